The first-order valence-corrected chi connectivity index (χ1v) is 4.13. The maximum atomic E-state index is 8.81. The molecule has 0 aliphatic carbocycles. The molecule has 2 heteroatoms. The van der Waals surface area contributed by atoms with E-state index >= 15 is 0 Å². The van der Waals surface area contributed by atoms with Crippen molar-refractivity contribution in [3.8, 4) is 0 Å². The second-order valence-electron chi connectivity index (χ2n) is 2.43. The van der Waals surface area contributed by atoms with Gasteiger partial charge in [-0.25, -0.2) is 0 Å². The van der Waals surface area contributed by atoms with E-state index in [0.717, 1.165) is 12.7 Å². The zero-order valence-corrected chi connectivity index (χ0v) is 8.42. The smallest absolute Gasteiger partial charge is 0.116 e. The molecule has 0 aromatic rings. The van der Waals surface area contributed by atoms with Gasteiger partial charge in [0.15, 0.2) is 0 Å². The molecule has 0 bridgehead atoms. The minimum atomic E-state index is 0.750. The van der Waals surface area contributed by atoms with Crippen molar-refractivity contribution in [3.05, 3.63) is 24.0 Å². The molecule has 0 spiro atoms. The minimum Gasteiger partial charge on any atom is -0.368 e. The number of hydrogen-bond donors (Lipinski definition) is 1. The predicted molar refractivity (Wildman–Crippen MR) is 53.7 cm³/mol. The topological polar surface area (TPSA) is 29.1 Å². The third kappa shape index (κ3) is 23.1. The zero-order chi connectivity index (χ0) is 9.82. The SMILES string of the molecule is CC/C=C/NC=C(C)C.CC=O. The summed E-state index contributed by atoms with van der Waals surface area (Å²) in [5, 5.41) is 3.04. The van der Waals surface area contributed by atoms with Crippen LogP contribution in [0.4, 0.5) is 0 Å². The third-order valence-corrected chi connectivity index (χ3v) is 0.822. The second kappa shape index (κ2) is 12.6. The van der Waals surface area contributed by atoms with Crippen LogP contribution in [0.1, 0.15) is 34.1 Å². The zero-order valence-electron chi connectivity index (χ0n) is 8.42. The van der Waals surface area contributed by atoms with Gasteiger partial charge in [-0.2, -0.15) is 0 Å². The van der Waals surface area contributed by atoms with Crippen molar-refractivity contribution in [2.24, 2.45) is 0 Å². The molecular formula is C10H19NO. The van der Waals surface area contributed by atoms with Crippen molar-refractivity contribution in [3.63, 3.8) is 0 Å². The predicted octanol–water partition coefficient (Wildman–Crippen LogP) is 2.63. The average Bonchev–Trinajstić information content (AvgIpc) is 1.99. The van der Waals surface area contributed by atoms with Gasteiger partial charge in [0.2, 0.25) is 0 Å². The lowest BCUT2D eigenvalue weighted by Crippen LogP contribution is -1.91. The van der Waals surface area contributed by atoms with Crippen molar-refractivity contribution < 1.29 is 4.79 Å². The number of nitrogens with one attached hydrogen (secondary N) is 1. The lowest BCUT2D eigenvalue weighted by Gasteiger charge is -1.89. The van der Waals surface area contributed by atoms with E-state index in [-0.39, 0.29) is 0 Å². The highest BCUT2D eigenvalue weighted by molar-refractivity contribution is 5.44. The Bertz CT molecular complexity index is 144. The molecule has 0 saturated carbocycles. The first-order chi connectivity index (χ1) is 5.68. The molecule has 0 amide bonds. The third-order valence-electron chi connectivity index (χ3n) is 0.822. The van der Waals surface area contributed by atoms with E-state index in [4.69, 9.17) is 4.79 Å². The summed E-state index contributed by atoms with van der Waals surface area (Å²) in [6, 6.07) is 0. The molecule has 0 saturated heterocycles. The van der Waals surface area contributed by atoms with Crippen LogP contribution < -0.4 is 5.32 Å². The number of hydrogen-bond acceptors (Lipinski definition) is 2. The first-order valence-electron chi connectivity index (χ1n) is 4.13. The van der Waals surface area contributed by atoms with Gasteiger partial charge >= 0.3 is 0 Å². The van der Waals surface area contributed by atoms with E-state index in [1.165, 1.54) is 12.5 Å². The van der Waals surface area contributed by atoms with Crippen molar-refractivity contribution in [2.75, 3.05) is 0 Å². The summed E-state index contributed by atoms with van der Waals surface area (Å²) in [5.41, 5.74) is 1.29. The fraction of sp³-hybridized carbons (Fsp3) is 0.500. The standard InChI is InChI=1S/C8H15N.C2H4O/c1-4-5-6-9-7-8(2)3;1-2-3/h5-7,9H,4H2,1-3H3;2H,1H3/b6-5+;. The molecule has 0 unspecified atom stereocenters. The lowest BCUT2D eigenvalue weighted by atomic mass is 10.4. The van der Waals surface area contributed by atoms with Gasteiger partial charge in [-0.05, 0) is 39.6 Å². The van der Waals surface area contributed by atoms with Gasteiger partial charge < -0.3 is 10.1 Å². The number of aldehydes is 1. The molecule has 70 valence electrons. The van der Waals surface area contributed by atoms with E-state index in [2.05, 4.69) is 32.2 Å². The number of allylic oxidation sites excluding steroid dienone is 2. The molecule has 0 rings (SSSR count). The quantitative estimate of drug-likeness (QED) is 0.658. The number of rotatable bonds is 3. The van der Waals surface area contributed by atoms with Gasteiger partial charge in [0.1, 0.15) is 6.29 Å². The van der Waals surface area contributed by atoms with Crippen molar-refractivity contribution >= 4 is 6.29 Å². The van der Waals surface area contributed by atoms with Crippen LogP contribution in [0.25, 0.3) is 0 Å². The molecule has 1 N–H and O–H groups in total. The molecule has 12 heavy (non-hydrogen) atoms. The van der Waals surface area contributed by atoms with Crippen LogP contribution in [0.5, 0.6) is 0 Å². The van der Waals surface area contributed by atoms with Crippen LogP contribution in [0.15, 0.2) is 24.0 Å². The highest BCUT2D eigenvalue weighted by atomic mass is 16.1. The van der Waals surface area contributed by atoms with Crippen LogP contribution in [0.3, 0.4) is 0 Å². The average molecular weight is 169 g/mol. The normalized spacial score (nSPS) is 8.33. The fourth-order valence-electron chi connectivity index (χ4n) is 0.401. The van der Waals surface area contributed by atoms with Gasteiger partial charge in [0.05, 0.1) is 0 Å². The summed E-state index contributed by atoms with van der Waals surface area (Å²) in [6.07, 6.45) is 7.85. The van der Waals surface area contributed by atoms with E-state index in [0.29, 0.717) is 0 Å². The summed E-state index contributed by atoms with van der Waals surface area (Å²) < 4.78 is 0. The molecule has 2 nitrogen and oxygen atoms in total. The van der Waals surface area contributed by atoms with Gasteiger partial charge in [-0.1, -0.05) is 18.6 Å². The van der Waals surface area contributed by atoms with Crippen molar-refractivity contribution in [1.29, 1.82) is 0 Å². The van der Waals surface area contributed by atoms with Gasteiger partial charge in [0.25, 0.3) is 0 Å². The summed E-state index contributed by atoms with van der Waals surface area (Å²) in [4.78, 5) is 8.81. The highest BCUT2D eigenvalue weighted by Gasteiger charge is 1.69. The van der Waals surface area contributed by atoms with Crippen LogP contribution >= 0.6 is 0 Å². The van der Waals surface area contributed by atoms with E-state index in [1.54, 1.807) is 0 Å². The summed E-state index contributed by atoms with van der Waals surface area (Å²) in [5.74, 6) is 0. The molecule has 0 fully saturated rings. The Labute approximate surface area is 75.4 Å². The monoisotopic (exact) mass is 169 g/mol. The molecule has 0 heterocycles. The molecule has 0 aliphatic rings. The molecule has 0 radical (unpaired) electrons. The van der Waals surface area contributed by atoms with Gasteiger partial charge in [-0.3, -0.25) is 0 Å². The Morgan fingerprint density at radius 1 is 1.42 bits per heavy atom. The van der Waals surface area contributed by atoms with E-state index in [1.807, 2.05) is 12.4 Å². The van der Waals surface area contributed by atoms with Gasteiger partial charge in [0, 0.05) is 0 Å². The Morgan fingerprint density at radius 3 is 2.25 bits per heavy atom. The minimum absolute atomic E-state index is 0.750. The van der Waals surface area contributed by atoms with E-state index < -0.39 is 0 Å². The Balaban J connectivity index is 0. The molecular weight excluding hydrogens is 150 g/mol. The highest BCUT2D eigenvalue weighted by Crippen LogP contribution is 1.83. The molecule has 0 aromatic heterocycles. The van der Waals surface area contributed by atoms with E-state index in [9.17, 15) is 0 Å². The Hall–Kier alpha value is -1.05. The van der Waals surface area contributed by atoms with Crippen molar-refractivity contribution in [1.82, 2.24) is 5.32 Å². The van der Waals surface area contributed by atoms with Crippen LogP contribution in [-0.4, -0.2) is 6.29 Å². The summed E-state index contributed by atoms with van der Waals surface area (Å²) in [6.45, 7) is 7.68. The Morgan fingerprint density at radius 2 is 1.92 bits per heavy atom. The molecule has 0 aliphatic heterocycles. The van der Waals surface area contributed by atoms with Crippen LogP contribution in [-0.2, 0) is 4.79 Å². The summed E-state index contributed by atoms with van der Waals surface area (Å²) >= 11 is 0. The largest absolute Gasteiger partial charge is 0.368 e. The lowest BCUT2D eigenvalue weighted by molar-refractivity contribution is -0.106. The number of carbonyl (C=O) groups is 1. The van der Waals surface area contributed by atoms with Crippen LogP contribution in [0, 0.1) is 0 Å². The summed E-state index contributed by atoms with van der Waals surface area (Å²) in [7, 11) is 0. The first kappa shape index (κ1) is 13.5. The van der Waals surface area contributed by atoms with Crippen LogP contribution in [0.2, 0.25) is 0 Å². The number of carbonyl (C=O) groups excluding carboxylic acids is 1. The van der Waals surface area contributed by atoms with Crippen molar-refractivity contribution in [2.45, 2.75) is 34.1 Å². The van der Waals surface area contributed by atoms with Gasteiger partial charge in [-0.15, -0.1) is 0 Å². The molecule has 0 aromatic carbocycles. The second-order valence-corrected chi connectivity index (χ2v) is 2.43. The fourth-order valence-corrected chi connectivity index (χ4v) is 0.401. The molecule has 0 atom stereocenters. The Kier molecular flexibility index (Phi) is 14.2. The maximum Gasteiger partial charge on any atom is 0.116 e. The maximum absolute atomic E-state index is 8.81.